The lowest BCUT2D eigenvalue weighted by Gasteiger charge is -2.20. The summed E-state index contributed by atoms with van der Waals surface area (Å²) < 4.78 is 25.9. The third-order valence-electron chi connectivity index (χ3n) is 2.55. The zero-order valence-corrected chi connectivity index (χ0v) is 11.1. The van der Waals surface area contributed by atoms with Gasteiger partial charge in [0, 0.05) is 19.7 Å². The summed E-state index contributed by atoms with van der Waals surface area (Å²) in [4.78, 5) is 0.317. The van der Waals surface area contributed by atoms with E-state index in [0.717, 1.165) is 5.56 Å². The number of benzene rings is 1. The summed E-state index contributed by atoms with van der Waals surface area (Å²) in [6.45, 7) is 4.42. The summed E-state index contributed by atoms with van der Waals surface area (Å²) >= 11 is 0. The van der Waals surface area contributed by atoms with Crippen LogP contribution in [0.3, 0.4) is 0 Å². The molecule has 0 aliphatic carbocycles. The van der Waals surface area contributed by atoms with Gasteiger partial charge >= 0.3 is 0 Å². The van der Waals surface area contributed by atoms with E-state index in [0.29, 0.717) is 24.4 Å². The van der Waals surface area contributed by atoms with Crippen LogP contribution < -0.4 is 0 Å². The highest BCUT2D eigenvalue weighted by atomic mass is 32.2. The van der Waals surface area contributed by atoms with Crippen LogP contribution in [-0.2, 0) is 10.0 Å². The molecule has 1 aromatic rings. The summed E-state index contributed by atoms with van der Waals surface area (Å²) in [5.41, 5.74) is 0.921. The van der Waals surface area contributed by atoms with Gasteiger partial charge in [0.05, 0.1) is 4.90 Å². The van der Waals surface area contributed by atoms with Gasteiger partial charge in [-0.3, -0.25) is 0 Å². The average molecular weight is 257 g/mol. The van der Waals surface area contributed by atoms with E-state index in [1.165, 1.54) is 4.31 Å². The van der Waals surface area contributed by atoms with Gasteiger partial charge in [0.1, 0.15) is 0 Å². The molecule has 17 heavy (non-hydrogen) atoms. The molecule has 4 nitrogen and oxygen atoms in total. The Hall–Kier alpha value is -0.910. The average Bonchev–Trinajstić information content (AvgIpc) is 2.30. The van der Waals surface area contributed by atoms with E-state index in [9.17, 15) is 8.42 Å². The molecule has 0 fully saturated rings. The molecule has 0 saturated heterocycles. The van der Waals surface area contributed by atoms with Crippen molar-refractivity contribution < 1.29 is 13.5 Å². The van der Waals surface area contributed by atoms with Crippen molar-refractivity contribution >= 4 is 10.0 Å². The molecule has 1 N–H and O–H groups in total. The lowest BCUT2D eigenvalue weighted by Crippen LogP contribution is -2.32. The van der Waals surface area contributed by atoms with Gasteiger partial charge in [-0.2, -0.15) is 4.31 Å². The van der Waals surface area contributed by atoms with Gasteiger partial charge in [0.2, 0.25) is 10.0 Å². The molecule has 0 radical (unpaired) electrons. The Morgan fingerprint density at radius 3 is 2.59 bits per heavy atom. The minimum Gasteiger partial charge on any atom is -0.396 e. The second kappa shape index (κ2) is 6.14. The molecule has 0 heterocycles. The van der Waals surface area contributed by atoms with E-state index in [2.05, 4.69) is 0 Å². The van der Waals surface area contributed by atoms with Crippen LogP contribution in [0.15, 0.2) is 29.2 Å². The van der Waals surface area contributed by atoms with Gasteiger partial charge < -0.3 is 5.11 Å². The Bertz CT molecular complexity index is 457. The highest BCUT2D eigenvalue weighted by Gasteiger charge is 2.22. The molecule has 0 bridgehead atoms. The molecule has 0 aromatic heterocycles. The van der Waals surface area contributed by atoms with Crippen LogP contribution in [-0.4, -0.2) is 37.5 Å². The maximum Gasteiger partial charge on any atom is 0.243 e. The van der Waals surface area contributed by atoms with Crippen molar-refractivity contribution in [1.82, 2.24) is 4.31 Å². The van der Waals surface area contributed by atoms with Crippen LogP contribution >= 0.6 is 0 Å². The number of aryl methyl sites for hydroxylation is 1. The van der Waals surface area contributed by atoms with Gasteiger partial charge in [0.15, 0.2) is 0 Å². The van der Waals surface area contributed by atoms with Gasteiger partial charge in [-0.1, -0.05) is 19.1 Å². The highest BCUT2D eigenvalue weighted by molar-refractivity contribution is 7.89. The first-order chi connectivity index (χ1) is 8.02. The number of sulfonamides is 1. The minimum atomic E-state index is -3.42. The number of nitrogens with zero attached hydrogens (tertiary/aromatic N) is 1. The van der Waals surface area contributed by atoms with Gasteiger partial charge in [-0.15, -0.1) is 0 Å². The number of hydrogen-bond acceptors (Lipinski definition) is 3. The predicted molar refractivity (Wildman–Crippen MR) is 67.3 cm³/mol. The van der Waals surface area contributed by atoms with Gasteiger partial charge in [0.25, 0.3) is 0 Å². The summed E-state index contributed by atoms with van der Waals surface area (Å²) in [5.74, 6) is 0. The van der Waals surface area contributed by atoms with Crippen LogP contribution in [0.2, 0.25) is 0 Å². The Morgan fingerprint density at radius 2 is 2.06 bits per heavy atom. The van der Waals surface area contributed by atoms with Crippen LogP contribution in [0.25, 0.3) is 0 Å². The molecule has 5 heteroatoms. The molecular weight excluding hydrogens is 238 g/mol. The van der Waals surface area contributed by atoms with Gasteiger partial charge in [-0.05, 0) is 31.0 Å². The first kappa shape index (κ1) is 14.2. The molecule has 0 aliphatic heterocycles. The topological polar surface area (TPSA) is 57.6 Å². The molecule has 1 aromatic carbocycles. The normalized spacial score (nSPS) is 12.0. The summed E-state index contributed by atoms with van der Waals surface area (Å²) in [5, 5.41) is 8.77. The van der Waals surface area contributed by atoms with E-state index in [1.54, 1.807) is 25.1 Å². The Kier molecular flexibility index (Phi) is 5.11. The minimum absolute atomic E-state index is 0.000161. The Morgan fingerprint density at radius 1 is 1.35 bits per heavy atom. The fourth-order valence-electron chi connectivity index (χ4n) is 1.62. The first-order valence-corrected chi connectivity index (χ1v) is 7.14. The summed E-state index contributed by atoms with van der Waals surface area (Å²) in [6.07, 6.45) is 0.457. The van der Waals surface area contributed by atoms with Crippen molar-refractivity contribution in [2.45, 2.75) is 25.2 Å². The maximum absolute atomic E-state index is 12.3. The van der Waals surface area contributed by atoms with E-state index < -0.39 is 10.0 Å². The standard InChI is InChI=1S/C12H19NO3S/c1-3-13(8-5-9-14)17(15,16)12-7-4-6-11(2)10-12/h4,6-7,10,14H,3,5,8-9H2,1-2H3. The van der Waals surface area contributed by atoms with Gasteiger partial charge in [-0.25, -0.2) is 8.42 Å². The number of rotatable bonds is 6. The van der Waals surface area contributed by atoms with Crippen LogP contribution in [0.5, 0.6) is 0 Å². The third kappa shape index (κ3) is 3.52. The molecule has 0 amide bonds. The number of aliphatic hydroxyl groups is 1. The zero-order valence-electron chi connectivity index (χ0n) is 10.3. The second-order valence-electron chi connectivity index (χ2n) is 3.89. The first-order valence-electron chi connectivity index (χ1n) is 5.70. The van der Waals surface area contributed by atoms with E-state index in [1.807, 2.05) is 13.0 Å². The van der Waals surface area contributed by atoms with Crippen LogP contribution in [0.1, 0.15) is 18.9 Å². The lowest BCUT2D eigenvalue weighted by atomic mass is 10.2. The van der Waals surface area contributed by atoms with Crippen molar-refractivity contribution in [3.05, 3.63) is 29.8 Å². The summed E-state index contributed by atoms with van der Waals surface area (Å²) in [7, 11) is -3.42. The SMILES string of the molecule is CCN(CCCO)S(=O)(=O)c1cccc(C)c1. The van der Waals surface area contributed by atoms with Crippen molar-refractivity contribution in [1.29, 1.82) is 0 Å². The maximum atomic E-state index is 12.3. The molecular formula is C12H19NO3S. The van der Waals surface area contributed by atoms with Crippen molar-refractivity contribution in [2.24, 2.45) is 0 Å². The third-order valence-corrected chi connectivity index (χ3v) is 4.52. The fraction of sp³-hybridized carbons (Fsp3) is 0.500. The lowest BCUT2D eigenvalue weighted by molar-refractivity contribution is 0.271. The molecule has 0 unspecified atom stereocenters. The van der Waals surface area contributed by atoms with Crippen LogP contribution in [0, 0.1) is 6.92 Å². The highest BCUT2D eigenvalue weighted by Crippen LogP contribution is 2.16. The predicted octanol–water partition coefficient (Wildman–Crippen LogP) is 1.39. The molecule has 1 rings (SSSR count). The fourth-order valence-corrected chi connectivity index (χ4v) is 3.21. The van der Waals surface area contributed by atoms with Crippen molar-refractivity contribution in [2.75, 3.05) is 19.7 Å². The largest absolute Gasteiger partial charge is 0.396 e. The Balaban J connectivity index is 3.00. The van der Waals surface area contributed by atoms with E-state index >= 15 is 0 Å². The van der Waals surface area contributed by atoms with E-state index in [4.69, 9.17) is 5.11 Å². The Labute approximate surface area is 103 Å². The number of aliphatic hydroxyl groups excluding tert-OH is 1. The molecule has 0 atom stereocenters. The molecule has 0 spiro atoms. The zero-order chi connectivity index (χ0) is 12.9. The van der Waals surface area contributed by atoms with Crippen LogP contribution in [0.4, 0.5) is 0 Å². The summed E-state index contributed by atoms with van der Waals surface area (Å²) in [6, 6.07) is 6.87. The molecule has 96 valence electrons. The second-order valence-corrected chi connectivity index (χ2v) is 5.83. The molecule has 0 aliphatic rings. The van der Waals surface area contributed by atoms with Crippen molar-refractivity contribution in [3.63, 3.8) is 0 Å². The number of hydrogen-bond donors (Lipinski definition) is 1. The monoisotopic (exact) mass is 257 g/mol. The molecule has 0 saturated carbocycles. The van der Waals surface area contributed by atoms with Crippen molar-refractivity contribution in [3.8, 4) is 0 Å². The quantitative estimate of drug-likeness (QED) is 0.838. The smallest absolute Gasteiger partial charge is 0.243 e. The van der Waals surface area contributed by atoms with E-state index in [-0.39, 0.29) is 6.61 Å².